The minimum atomic E-state index is -0.815. The van der Waals surface area contributed by atoms with E-state index in [9.17, 15) is 8.78 Å². The molecule has 1 N–H and O–H groups in total. The van der Waals surface area contributed by atoms with E-state index in [4.69, 9.17) is 0 Å². The molecule has 4 nitrogen and oxygen atoms in total. The largest absolute Gasteiger partial charge is 0.356 e. The van der Waals surface area contributed by atoms with E-state index in [2.05, 4.69) is 33.4 Å². The number of nitrogens with zero attached hydrogens (tertiary/aromatic N) is 3. The van der Waals surface area contributed by atoms with Crippen LogP contribution in [0.4, 0.5) is 13.9 Å². The molecule has 124 valence electrons. The SMILES string of the molecule is CC(C)c1nsc(N[C@H]2CCN(C)[C@@H]2c2ccc(F)c(F)c2)n1. The predicted molar refractivity (Wildman–Crippen MR) is 87.8 cm³/mol. The molecule has 1 aliphatic rings. The zero-order valence-electron chi connectivity index (χ0n) is 13.4. The quantitative estimate of drug-likeness (QED) is 0.921. The summed E-state index contributed by atoms with van der Waals surface area (Å²) in [6.07, 6.45) is 0.913. The molecule has 2 aromatic rings. The molecule has 0 unspecified atom stereocenters. The van der Waals surface area contributed by atoms with Crippen molar-refractivity contribution < 1.29 is 8.78 Å². The fourth-order valence-corrected chi connectivity index (χ4v) is 3.74. The monoisotopic (exact) mass is 338 g/mol. The number of nitrogens with one attached hydrogen (secondary N) is 1. The van der Waals surface area contributed by atoms with Gasteiger partial charge in [-0.25, -0.2) is 13.8 Å². The van der Waals surface area contributed by atoms with Crippen molar-refractivity contribution in [2.75, 3.05) is 18.9 Å². The lowest BCUT2D eigenvalue weighted by Crippen LogP contribution is -2.29. The van der Waals surface area contributed by atoms with Crippen LogP contribution in [0.5, 0.6) is 0 Å². The van der Waals surface area contributed by atoms with Crippen molar-refractivity contribution >= 4 is 16.7 Å². The molecule has 1 fully saturated rings. The van der Waals surface area contributed by atoms with Crippen LogP contribution in [0.3, 0.4) is 0 Å². The van der Waals surface area contributed by atoms with Gasteiger partial charge in [-0.05, 0) is 31.2 Å². The molecule has 0 spiro atoms. The van der Waals surface area contributed by atoms with Gasteiger partial charge in [-0.2, -0.15) is 4.37 Å². The van der Waals surface area contributed by atoms with E-state index >= 15 is 0 Å². The molecule has 0 saturated carbocycles. The highest BCUT2D eigenvalue weighted by molar-refractivity contribution is 7.09. The molecule has 0 aliphatic carbocycles. The molecule has 3 rings (SSSR count). The second-order valence-corrected chi connectivity index (χ2v) is 7.00. The standard InChI is InChI=1S/C16H20F2N4S/c1-9(2)15-20-16(23-21-15)19-13-6-7-22(3)14(13)10-4-5-11(17)12(18)8-10/h4-5,8-9,13-14H,6-7H2,1-3H3,(H,19,20,21)/t13-,14+/m0/s1. The third-order valence-corrected chi connectivity index (χ3v) is 4.86. The van der Waals surface area contributed by atoms with Crippen LogP contribution >= 0.6 is 11.5 Å². The van der Waals surface area contributed by atoms with Crippen LogP contribution in [-0.4, -0.2) is 33.9 Å². The lowest BCUT2D eigenvalue weighted by atomic mass is 10.00. The summed E-state index contributed by atoms with van der Waals surface area (Å²) in [4.78, 5) is 6.65. The van der Waals surface area contributed by atoms with Crippen LogP contribution in [0.25, 0.3) is 0 Å². The molecule has 1 aromatic heterocycles. The first-order valence-electron chi connectivity index (χ1n) is 7.71. The molecule has 1 aromatic carbocycles. The Bertz CT molecular complexity index is 688. The van der Waals surface area contributed by atoms with E-state index < -0.39 is 11.6 Å². The van der Waals surface area contributed by atoms with Crippen LogP contribution in [0.1, 0.15) is 43.6 Å². The maximum absolute atomic E-state index is 13.6. The Hall–Kier alpha value is -1.60. The van der Waals surface area contributed by atoms with Crippen LogP contribution in [0.15, 0.2) is 18.2 Å². The zero-order chi connectivity index (χ0) is 16.6. The maximum atomic E-state index is 13.6. The van der Waals surface area contributed by atoms with Crippen molar-refractivity contribution in [3.8, 4) is 0 Å². The first-order valence-corrected chi connectivity index (χ1v) is 8.48. The second kappa shape index (κ2) is 6.49. The molecule has 1 aliphatic heterocycles. The van der Waals surface area contributed by atoms with E-state index in [1.165, 1.54) is 23.7 Å². The second-order valence-electron chi connectivity index (χ2n) is 6.25. The summed E-state index contributed by atoms with van der Waals surface area (Å²) < 4.78 is 31.1. The smallest absolute Gasteiger partial charge is 0.202 e. The highest BCUT2D eigenvalue weighted by Gasteiger charge is 2.34. The molecule has 23 heavy (non-hydrogen) atoms. The Labute approximate surface area is 138 Å². The summed E-state index contributed by atoms with van der Waals surface area (Å²) in [6, 6.07) is 4.21. The molecule has 2 atom stereocenters. The van der Waals surface area contributed by atoms with Gasteiger partial charge in [-0.15, -0.1) is 0 Å². The van der Waals surface area contributed by atoms with Crippen molar-refractivity contribution in [1.82, 2.24) is 14.3 Å². The Kier molecular flexibility index (Phi) is 4.59. The highest BCUT2D eigenvalue weighted by Crippen LogP contribution is 2.34. The van der Waals surface area contributed by atoms with Gasteiger partial charge in [-0.1, -0.05) is 19.9 Å². The van der Waals surface area contributed by atoms with Crippen molar-refractivity contribution in [2.45, 2.75) is 38.3 Å². The minimum absolute atomic E-state index is 0.0171. The van der Waals surface area contributed by atoms with Gasteiger partial charge in [-0.3, -0.25) is 4.90 Å². The number of hydrogen-bond donors (Lipinski definition) is 1. The topological polar surface area (TPSA) is 41.1 Å². The summed E-state index contributed by atoms with van der Waals surface area (Å²) >= 11 is 1.34. The summed E-state index contributed by atoms with van der Waals surface area (Å²) in [6.45, 7) is 5.00. The lowest BCUT2D eigenvalue weighted by molar-refractivity contribution is 0.308. The fourth-order valence-electron chi connectivity index (χ4n) is 2.97. The van der Waals surface area contributed by atoms with Crippen molar-refractivity contribution in [3.05, 3.63) is 41.2 Å². The number of halogens is 2. The van der Waals surface area contributed by atoms with Gasteiger partial charge >= 0.3 is 0 Å². The number of likely N-dealkylation sites (N-methyl/N-ethyl adjacent to an activating group) is 1. The van der Waals surface area contributed by atoms with Crippen LogP contribution in [-0.2, 0) is 0 Å². The number of anilines is 1. The maximum Gasteiger partial charge on any atom is 0.202 e. The van der Waals surface area contributed by atoms with E-state index in [0.717, 1.165) is 29.5 Å². The van der Waals surface area contributed by atoms with Gasteiger partial charge in [0.05, 0.1) is 6.04 Å². The third-order valence-electron chi connectivity index (χ3n) is 4.20. The molecule has 0 bridgehead atoms. The Morgan fingerprint density at radius 2 is 2.09 bits per heavy atom. The van der Waals surface area contributed by atoms with Crippen molar-refractivity contribution in [1.29, 1.82) is 0 Å². The molecule has 7 heteroatoms. The van der Waals surface area contributed by atoms with Gasteiger partial charge in [0.1, 0.15) is 5.82 Å². The molecule has 0 radical (unpaired) electrons. The first kappa shape index (κ1) is 16.3. The average molecular weight is 338 g/mol. The summed E-state index contributed by atoms with van der Waals surface area (Å²) in [5.74, 6) is -0.507. The summed E-state index contributed by atoms with van der Waals surface area (Å²) in [7, 11) is 1.99. The van der Waals surface area contributed by atoms with Crippen molar-refractivity contribution in [2.24, 2.45) is 0 Å². The van der Waals surface area contributed by atoms with E-state index in [1.54, 1.807) is 6.07 Å². The first-order chi connectivity index (χ1) is 11.0. The van der Waals surface area contributed by atoms with Gasteiger partial charge < -0.3 is 5.32 Å². The lowest BCUT2D eigenvalue weighted by Gasteiger charge is -2.26. The van der Waals surface area contributed by atoms with Gasteiger partial charge in [0.2, 0.25) is 5.13 Å². The number of rotatable bonds is 4. The molecular weight excluding hydrogens is 318 g/mol. The van der Waals surface area contributed by atoms with E-state index in [-0.39, 0.29) is 18.0 Å². The van der Waals surface area contributed by atoms with Crippen LogP contribution < -0.4 is 5.32 Å². The van der Waals surface area contributed by atoms with Gasteiger partial charge in [0.15, 0.2) is 11.6 Å². The number of hydrogen-bond acceptors (Lipinski definition) is 5. The predicted octanol–water partition coefficient (Wildman–Crippen LogP) is 3.80. The number of likely N-dealkylation sites (tertiary alicyclic amines) is 1. The third kappa shape index (κ3) is 3.35. The average Bonchev–Trinajstić information content (AvgIpc) is 3.10. The Balaban J connectivity index is 1.81. The van der Waals surface area contributed by atoms with Crippen LogP contribution in [0.2, 0.25) is 0 Å². The molecule has 2 heterocycles. The molecule has 0 amide bonds. The highest BCUT2D eigenvalue weighted by atomic mass is 32.1. The van der Waals surface area contributed by atoms with Gasteiger partial charge in [0, 0.05) is 30.0 Å². The number of benzene rings is 1. The minimum Gasteiger partial charge on any atom is -0.356 e. The van der Waals surface area contributed by atoms with Gasteiger partial charge in [0.25, 0.3) is 0 Å². The summed E-state index contributed by atoms with van der Waals surface area (Å²) in [5, 5.41) is 4.20. The van der Waals surface area contributed by atoms with E-state index in [0.29, 0.717) is 0 Å². The normalized spacial score (nSPS) is 22.0. The Morgan fingerprint density at radius 3 is 2.74 bits per heavy atom. The summed E-state index contributed by atoms with van der Waals surface area (Å²) in [5.41, 5.74) is 0.773. The fraction of sp³-hybridized carbons (Fsp3) is 0.500. The van der Waals surface area contributed by atoms with E-state index in [1.807, 2.05) is 7.05 Å². The zero-order valence-corrected chi connectivity index (χ0v) is 14.2. The Morgan fingerprint density at radius 1 is 1.30 bits per heavy atom. The molecular formula is C16H20F2N4S. The molecule has 1 saturated heterocycles. The van der Waals surface area contributed by atoms with Crippen molar-refractivity contribution in [3.63, 3.8) is 0 Å². The van der Waals surface area contributed by atoms with Crippen LogP contribution in [0, 0.1) is 11.6 Å². The number of aromatic nitrogens is 2.